The van der Waals surface area contributed by atoms with Crippen LogP contribution in [0.25, 0.3) is 0 Å². The number of fused-ring (bicyclic) bond motifs is 5. The average Bonchev–Trinajstić information content (AvgIpc) is 3.39. The van der Waals surface area contributed by atoms with E-state index in [-0.39, 0.29) is 11.2 Å². The summed E-state index contributed by atoms with van der Waals surface area (Å²) in [5.41, 5.74) is -0.510. The highest BCUT2D eigenvalue weighted by Crippen LogP contribution is 2.69. The molecule has 4 rings (SSSR count). The van der Waals surface area contributed by atoms with Crippen molar-refractivity contribution >= 4 is 11.8 Å². The topological polar surface area (TPSA) is 74.6 Å². The van der Waals surface area contributed by atoms with Gasteiger partial charge in [-0.2, -0.15) is 0 Å². The quantitative estimate of drug-likeness (QED) is 0.103. The van der Waals surface area contributed by atoms with Gasteiger partial charge in [0.05, 0.1) is 0 Å². The SMILES string of the molecule is CCCCCCCC/C=C\CCCCCCCC(=O)[C@@]1(O)CC[C@@]2(C)[C@H](CC[C@@H]3[C@@H]2CC[C@]2(C)[C@@H]([C@H](C)CCC(=O)O)CC[C@@H]32)C1. The molecule has 2 N–H and O–H groups in total. The predicted octanol–water partition coefficient (Wildman–Crippen LogP) is 11.5. The molecular weight excluding hydrogens is 568 g/mol. The number of hydrogen-bond acceptors (Lipinski definition) is 3. The van der Waals surface area contributed by atoms with E-state index >= 15 is 0 Å². The largest absolute Gasteiger partial charge is 0.481 e. The van der Waals surface area contributed by atoms with E-state index in [1.807, 2.05) is 0 Å². The number of hydrogen-bond donors (Lipinski definition) is 2. The zero-order valence-corrected chi connectivity index (χ0v) is 30.5. The summed E-state index contributed by atoms with van der Waals surface area (Å²) < 4.78 is 0. The summed E-state index contributed by atoms with van der Waals surface area (Å²) in [4.78, 5) is 24.7. The Balaban J connectivity index is 1.15. The maximum absolute atomic E-state index is 13.4. The first-order valence-electron chi connectivity index (χ1n) is 20.2. The monoisotopic (exact) mass is 641 g/mol. The molecule has 0 aromatic rings. The van der Waals surface area contributed by atoms with Crippen molar-refractivity contribution in [2.45, 2.75) is 194 Å². The molecule has 0 amide bonds. The third-order valence-corrected chi connectivity index (χ3v) is 14.5. The highest BCUT2D eigenvalue weighted by Gasteiger charge is 2.62. The van der Waals surface area contributed by atoms with Crippen molar-refractivity contribution in [3.05, 3.63) is 12.2 Å². The third kappa shape index (κ3) is 9.09. The van der Waals surface area contributed by atoms with Crippen molar-refractivity contribution in [2.24, 2.45) is 46.3 Å². The van der Waals surface area contributed by atoms with Gasteiger partial charge in [0.1, 0.15) is 5.60 Å². The zero-order chi connectivity index (χ0) is 33.2. The molecule has 46 heavy (non-hydrogen) atoms. The van der Waals surface area contributed by atoms with Crippen LogP contribution in [0.15, 0.2) is 12.2 Å². The summed E-state index contributed by atoms with van der Waals surface area (Å²) in [6.07, 6.45) is 32.6. The molecular formula is C42H72O4. The van der Waals surface area contributed by atoms with Crippen LogP contribution in [0.1, 0.15) is 188 Å². The lowest BCUT2D eigenvalue weighted by Crippen LogP contribution is -2.57. The Morgan fingerprint density at radius 1 is 0.739 bits per heavy atom. The van der Waals surface area contributed by atoms with Gasteiger partial charge in [0.2, 0.25) is 0 Å². The van der Waals surface area contributed by atoms with Gasteiger partial charge in [0.15, 0.2) is 5.78 Å². The number of carboxylic acids is 1. The Morgan fingerprint density at radius 3 is 2.04 bits per heavy atom. The number of allylic oxidation sites excluding steroid dienone is 2. The number of ketones is 1. The number of aliphatic hydroxyl groups is 1. The number of carbonyl (C=O) groups is 2. The van der Waals surface area contributed by atoms with Gasteiger partial charge in [-0.25, -0.2) is 0 Å². The predicted molar refractivity (Wildman–Crippen MR) is 191 cm³/mol. The normalized spacial score (nSPS) is 36.2. The first-order chi connectivity index (χ1) is 22.0. The summed E-state index contributed by atoms with van der Waals surface area (Å²) >= 11 is 0. The zero-order valence-electron chi connectivity index (χ0n) is 30.5. The molecule has 0 saturated heterocycles. The highest BCUT2D eigenvalue weighted by molar-refractivity contribution is 5.87. The van der Waals surface area contributed by atoms with E-state index in [1.165, 1.54) is 103 Å². The maximum atomic E-state index is 13.4. The van der Waals surface area contributed by atoms with E-state index in [0.717, 1.165) is 43.9 Å². The summed E-state index contributed by atoms with van der Waals surface area (Å²) in [7, 11) is 0. The molecule has 4 fully saturated rings. The van der Waals surface area contributed by atoms with Crippen molar-refractivity contribution in [1.29, 1.82) is 0 Å². The second kappa shape index (κ2) is 17.5. The standard InChI is InChI=1S/C42H72O4/c1-5-6-7-8-9-10-11-12-13-14-15-16-17-18-19-20-38(43)42(46)30-29-40(3)33(31-42)22-23-34-36-25-24-35(32(2)21-26-39(44)45)41(36,4)28-27-37(34)40/h12-13,32-37,46H,5-11,14-31H2,1-4H3,(H,44,45)/b13-12-/t32-,33-,34+,35-,36+,37+,40+,41-,42-/m1/s1. The number of rotatable bonds is 20. The van der Waals surface area contributed by atoms with Crippen LogP contribution in [0.5, 0.6) is 0 Å². The van der Waals surface area contributed by atoms with Crippen molar-refractivity contribution < 1.29 is 19.8 Å². The maximum Gasteiger partial charge on any atom is 0.303 e. The Morgan fingerprint density at radius 2 is 1.37 bits per heavy atom. The minimum absolute atomic E-state index is 0.125. The van der Waals surface area contributed by atoms with Crippen LogP contribution in [-0.2, 0) is 9.59 Å². The van der Waals surface area contributed by atoms with E-state index < -0.39 is 11.6 Å². The molecule has 4 heteroatoms. The Hall–Kier alpha value is -1.16. The Kier molecular flexibility index (Phi) is 14.3. The molecule has 4 nitrogen and oxygen atoms in total. The van der Waals surface area contributed by atoms with Crippen LogP contribution in [0.4, 0.5) is 0 Å². The fourth-order valence-corrected chi connectivity index (χ4v) is 11.6. The van der Waals surface area contributed by atoms with Gasteiger partial charge in [-0.15, -0.1) is 0 Å². The average molecular weight is 641 g/mol. The number of unbranched alkanes of at least 4 members (excludes halogenated alkanes) is 11. The lowest BCUT2D eigenvalue weighted by Gasteiger charge is -2.62. The van der Waals surface area contributed by atoms with E-state index in [1.54, 1.807) is 0 Å². The van der Waals surface area contributed by atoms with E-state index in [2.05, 4.69) is 39.8 Å². The minimum Gasteiger partial charge on any atom is -0.481 e. The molecule has 0 unspecified atom stereocenters. The van der Waals surface area contributed by atoms with Gasteiger partial charge < -0.3 is 10.2 Å². The minimum atomic E-state index is -1.10. The Labute approximate surface area is 283 Å². The lowest BCUT2D eigenvalue weighted by atomic mass is 9.43. The van der Waals surface area contributed by atoms with Crippen LogP contribution < -0.4 is 0 Å². The smallest absolute Gasteiger partial charge is 0.303 e. The number of aliphatic carboxylic acids is 1. The fourth-order valence-electron chi connectivity index (χ4n) is 11.6. The van der Waals surface area contributed by atoms with Crippen LogP contribution in [0.2, 0.25) is 0 Å². The Bertz CT molecular complexity index is 988. The van der Waals surface area contributed by atoms with Crippen LogP contribution >= 0.6 is 0 Å². The van der Waals surface area contributed by atoms with Crippen molar-refractivity contribution in [3.8, 4) is 0 Å². The molecule has 264 valence electrons. The molecule has 9 atom stereocenters. The molecule has 0 aliphatic heterocycles. The molecule has 4 aliphatic rings. The molecule has 0 bridgehead atoms. The molecule has 4 aliphatic carbocycles. The summed E-state index contributed by atoms with van der Waals surface area (Å²) in [5, 5.41) is 20.9. The van der Waals surface area contributed by atoms with Crippen LogP contribution in [-0.4, -0.2) is 27.6 Å². The molecule has 0 spiro atoms. The van der Waals surface area contributed by atoms with Gasteiger partial charge in [0, 0.05) is 12.8 Å². The summed E-state index contributed by atoms with van der Waals surface area (Å²) in [6, 6.07) is 0. The number of carbonyl (C=O) groups excluding carboxylic acids is 1. The third-order valence-electron chi connectivity index (χ3n) is 14.5. The first-order valence-corrected chi connectivity index (χ1v) is 20.2. The molecule has 0 aromatic carbocycles. The van der Waals surface area contributed by atoms with E-state index in [0.29, 0.717) is 54.8 Å². The van der Waals surface area contributed by atoms with Crippen LogP contribution in [0.3, 0.4) is 0 Å². The van der Waals surface area contributed by atoms with Crippen molar-refractivity contribution in [3.63, 3.8) is 0 Å². The second-order valence-corrected chi connectivity index (χ2v) is 17.3. The molecule has 0 heterocycles. The van der Waals surface area contributed by atoms with Gasteiger partial charge >= 0.3 is 5.97 Å². The number of Topliss-reactive ketones (excluding diaryl/α,β-unsaturated/α-hetero) is 1. The van der Waals surface area contributed by atoms with E-state index in [9.17, 15) is 19.8 Å². The number of carboxylic acid groups (broad SMARTS) is 1. The van der Waals surface area contributed by atoms with E-state index in [4.69, 9.17) is 0 Å². The molecule has 0 aromatic heterocycles. The van der Waals surface area contributed by atoms with Gasteiger partial charge in [-0.1, -0.05) is 91.2 Å². The van der Waals surface area contributed by atoms with Gasteiger partial charge in [0.25, 0.3) is 0 Å². The first kappa shape index (κ1) is 37.7. The van der Waals surface area contributed by atoms with Crippen molar-refractivity contribution in [2.75, 3.05) is 0 Å². The summed E-state index contributed by atoms with van der Waals surface area (Å²) in [5.74, 6) is 3.27. The van der Waals surface area contributed by atoms with Gasteiger partial charge in [-0.05, 0) is 143 Å². The molecule has 0 radical (unpaired) electrons. The molecule has 4 saturated carbocycles. The summed E-state index contributed by atoms with van der Waals surface area (Å²) in [6.45, 7) is 9.65. The lowest BCUT2D eigenvalue weighted by molar-refractivity contribution is -0.167. The highest BCUT2D eigenvalue weighted by atomic mass is 16.4. The fraction of sp³-hybridized carbons (Fsp3) is 0.905. The van der Waals surface area contributed by atoms with Crippen LogP contribution in [0, 0.1) is 46.3 Å². The van der Waals surface area contributed by atoms with Gasteiger partial charge in [-0.3, -0.25) is 9.59 Å². The second-order valence-electron chi connectivity index (χ2n) is 17.3. The van der Waals surface area contributed by atoms with Crippen molar-refractivity contribution in [1.82, 2.24) is 0 Å².